The molecule has 3 N–H and O–H groups in total. The average molecular weight is 764 g/mol. The van der Waals surface area contributed by atoms with Gasteiger partial charge in [0.05, 0.1) is 5.56 Å². The van der Waals surface area contributed by atoms with Crippen LogP contribution in [0.25, 0.3) is 0 Å². The molecule has 0 fully saturated rings. The SMILES string of the molecule is CC1=CC(C)C=C(C)C1(C)C(=O)Oc1c(C)c(C)c(C(=O)Oc2cc(C)c(C(=O)Oc3c(C)c(C)c(C(=O)O)c(C)c3C)c(O)c2C)c(O)c1Br. The minimum atomic E-state index is -1.09. The van der Waals surface area contributed by atoms with Gasteiger partial charge >= 0.3 is 23.9 Å². The van der Waals surface area contributed by atoms with Crippen LogP contribution >= 0.6 is 15.9 Å². The van der Waals surface area contributed by atoms with Gasteiger partial charge in [0.2, 0.25) is 0 Å². The van der Waals surface area contributed by atoms with Gasteiger partial charge in [0, 0.05) is 5.56 Å². The van der Waals surface area contributed by atoms with E-state index >= 15 is 0 Å². The molecule has 270 valence electrons. The summed E-state index contributed by atoms with van der Waals surface area (Å²) in [5.41, 5.74) is 3.29. The molecule has 3 aromatic carbocycles. The van der Waals surface area contributed by atoms with Gasteiger partial charge in [0.1, 0.15) is 44.0 Å². The van der Waals surface area contributed by atoms with E-state index in [4.69, 9.17) is 14.2 Å². The van der Waals surface area contributed by atoms with E-state index in [0.717, 1.165) is 11.1 Å². The van der Waals surface area contributed by atoms with Crippen LogP contribution in [0.3, 0.4) is 0 Å². The molecule has 1 aliphatic carbocycles. The Morgan fingerprint density at radius 2 is 1.12 bits per heavy atom. The number of phenols is 2. The highest BCUT2D eigenvalue weighted by Crippen LogP contribution is 2.46. The highest BCUT2D eigenvalue weighted by Gasteiger charge is 2.42. The Labute approximate surface area is 305 Å². The Hall–Kier alpha value is -4.90. The minimum Gasteiger partial charge on any atom is -0.507 e. The van der Waals surface area contributed by atoms with Crippen LogP contribution in [-0.2, 0) is 4.79 Å². The lowest BCUT2D eigenvalue weighted by Gasteiger charge is -2.34. The lowest BCUT2D eigenvalue weighted by molar-refractivity contribution is -0.141. The number of benzene rings is 3. The van der Waals surface area contributed by atoms with Crippen molar-refractivity contribution in [3.8, 4) is 28.7 Å². The number of allylic oxidation sites excluding steroid dienone is 2. The molecule has 0 radical (unpaired) electrons. The molecule has 0 atom stereocenters. The van der Waals surface area contributed by atoms with Gasteiger partial charge in [0.15, 0.2) is 5.75 Å². The first-order valence-corrected chi connectivity index (χ1v) is 17.1. The van der Waals surface area contributed by atoms with Crippen LogP contribution in [0, 0.1) is 66.7 Å². The van der Waals surface area contributed by atoms with Crippen molar-refractivity contribution in [2.75, 3.05) is 0 Å². The number of carboxylic acid groups (broad SMARTS) is 1. The smallest absolute Gasteiger partial charge is 0.347 e. The third-order valence-corrected chi connectivity index (χ3v) is 11.1. The number of aromatic carboxylic acids is 1. The molecule has 51 heavy (non-hydrogen) atoms. The summed E-state index contributed by atoms with van der Waals surface area (Å²) in [6.07, 6.45) is 4.00. The molecule has 11 heteroatoms. The topological polar surface area (TPSA) is 157 Å². The molecule has 0 aliphatic heterocycles. The quantitative estimate of drug-likeness (QED) is 0.121. The number of aryl methyl sites for hydroxylation is 1. The second-order valence-electron chi connectivity index (χ2n) is 13.5. The standard InChI is InChI=1S/C40H43BrO10/c1-16-13-18(3)40(12,19(4)14-16)39(48)51-35-25(10)22(7)30(33(43)31(35)41)38(47)49-27-15-17(2)28(32(42)26(27)11)37(46)50-34-23(8)20(5)29(36(44)45)21(6)24(34)9/h13-16,42-43H,1-12H3,(H,44,45). The monoisotopic (exact) mass is 762 g/mol. The Morgan fingerprint density at radius 3 is 1.63 bits per heavy atom. The van der Waals surface area contributed by atoms with Gasteiger partial charge in [-0.25, -0.2) is 14.4 Å². The third-order valence-electron chi connectivity index (χ3n) is 10.4. The van der Waals surface area contributed by atoms with Crippen molar-refractivity contribution in [2.24, 2.45) is 11.3 Å². The molecule has 3 aromatic rings. The van der Waals surface area contributed by atoms with Crippen LogP contribution in [0.4, 0.5) is 0 Å². The van der Waals surface area contributed by atoms with Crippen molar-refractivity contribution in [1.82, 2.24) is 0 Å². The first kappa shape index (κ1) is 38.9. The van der Waals surface area contributed by atoms with Crippen molar-refractivity contribution in [3.63, 3.8) is 0 Å². The first-order valence-electron chi connectivity index (χ1n) is 16.3. The Morgan fingerprint density at radius 1 is 0.647 bits per heavy atom. The largest absolute Gasteiger partial charge is 0.507 e. The molecule has 1 aliphatic rings. The van der Waals surface area contributed by atoms with Crippen LogP contribution in [0.1, 0.15) is 103 Å². The fourth-order valence-corrected chi connectivity index (χ4v) is 7.14. The normalized spacial score (nSPS) is 17.0. The van der Waals surface area contributed by atoms with Gasteiger partial charge in [-0.3, -0.25) is 4.79 Å². The van der Waals surface area contributed by atoms with E-state index in [2.05, 4.69) is 15.9 Å². The lowest BCUT2D eigenvalue weighted by atomic mass is 9.71. The Balaban J connectivity index is 1.66. The molecule has 0 heterocycles. The number of halogens is 1. The summed E-state index contributed by atoms with van der Waals surface area (Å²) in [4.78, 5) is 52.5. The summed E-state index contributed by atoms with van der Waals surface area (Å²) in [7, 11) is 0. The predicted molar refractivity (Wildman–Crippen MR) is 196 cm³/mol. The van der Waals surface area contributed by atoms with Gasteiger partial charge in [-0.1, -0.05) is 30.2 Å². The van der Waals surface area contributed by atoms with E-state index in [1.165, 1.54) is 19.9 Å². The third kappa shape index (κ3) is 6.55. The number of hydrogen-bond donors (Lipinski definition) is 3. The molecule has 4 rings (SSSR count). The van der Waals surface area contributed by atoms with Gasteiger partial charge in [-0.2, -0.15) is 0 Å². The lowest BCUT2D eigenvalue weighted by Crippen LogP contribution is -2.36. The molecule has 0 spiro atoms. The Bertz CT molecular complexity index is 2040. The highest BCUT2D eigenvalue weighted by atomic mass is 79.9. The molecule has 0 bridgehead atoms. The van der Waals surface area contributed by atoms with E-state index in [0.29, 0.717) is 33.4 Å². The zero-order chi connectivity index (χ0) is 38.6. The summed E-state index contributed by atoms with van der Waals surface area (Å²) in [6, 6.07) is 1.40. The summed E-state index contributed by atoms with van der Waals surface area (Å²) < 4.78 is 17.3. The molecule has 0 saturated carbocycles. The fourth-order valence-electron chi connectivity index (χ4n) is 6.56. The zero-order valence-electron chi connectivity index (χ0n) is 30.9. The number of carbonyl (C=O) groups is 4. The summed E-state index contributed by atoms with van der Waals surface area (Å²) in [6.45, 7) is 20.4. The average Bonchev–Trinajstić information content (AvgIpc) is 3.04. The number of ether oxygens (including phenoxy) is 3. The van der Waals surface area contributed by atoms with Gasteiger partial charge in [-0.15, -0.1) is 0 Å². The number of phenolic OH excluding ortho intramolecular Hbond substituents is 2. The Kier molecular flexibility index (Phi) is 10.7. The van der Waals surface area contributed by atoms with E-state index in [1.807, 2.05) is 32.9 Å². The zero-order valence-corrected chi connectivity index (χ0v) is 32.5. The number of carboxylic acids is 1. The number of aromatic hydroxyl groups is 2. The van der Waals surface area contributed by atoms with Crippen LogP contribution < -0.4 is 14.2 Å². The van der Waals surface area contributed by atoms with Crippen molar-refractivity contribution < 1.29 is 48.7 Å². The van der Waals surface area contributed by atoms with Crippen molar-refractivity contribution >= 4 is 39.8 Å². The van der Waals surface area contributed by atoms with Crippen molar-refractivity contribution in [2.45, 2.75) is 83.1 Å². The molecule has 0 amide bonds. The molecular formula is C40H43BrO10. The maximum Gasteiger partial charge on any atom is 0.347 e. The van der Waals surface area contributed by atoms with Crippen LogP contribution in [0.15, 0.2) is 33.8 Å². The fraction of sp³-hybridized carbons (Fsp3) is 0.350. The number of rotatable bonds is 7. The summed E-state index contributed by atoms with van der Waals surface area (Å²) in [5.74, 6) is -4.09. The number of esters is 3. The summed E-state index contributed by atoms with van der Waals surface area (Å²) in [5, 5.41) is 32.1. The predicted octanol–water partition coefficient (Wildman–Crippen LogP) is 8.92. The van der Waals surface area contributed by atoms with E-state index in [-0.39, 0.29) is 55.5 Å². The van der Waals surface area contributed by atoms with Crippen LogP contribution in [0.5, 0.6) is 28.7 Å². The van der Waals surface area contributed by atoms with E-state index in [1.54, 1.807) is 48.5 Å². The second-order valence-corrected chi connectivity index (χ2v) is 14.3. The summed E-state index contributed by atoms with van der Waals surface area (Å²) >= 11 is 3.32. The second kappa shape index (κ2) is 14.0. The van der Waals surface area contributed by atoms with Crippen LogP contribution in [0.2, 0.25) is 0 Å². The highest BCUT2D eigenvalue weighted by molar-refractivity contribution is 9.10. The first-order chi connectivity index (χ1) is 23.6. The van der Waals surface area contributed by atoms with Crippen molar-refractivity contribution in [1.29, 1.82) is 0 Å². The molecular weight excluding hydrogens is 720 g/mol. The molecule has 0 unspecified atom stereocenters. The molecule has 0 aromatic heterocycles. The number of hydrogen-bond acceptors (Lipinski definition) is 9. The van der Waals surface area contributed by atoms with E-state index < -0.39 is 40.8 Å². The number of carbonyl (C=O) groups excluding carboxylic acids is 3. The van der Waals surface area contributed by atoms with E-state index in [9.17, 15) is 34.5 Å². The maximum atomic E-state index is 13.6. The molecule has 0 saturated heterocycles. The van der Waals surface area contributed by atoms with Gasteiger partial charge in [-0.05, 0) is 143 Å². The molecule has 10 nitrogen and oxygen atoms in total. The van der Waals surface area contributed by atoms with Crippen LogP contribution in [-0.4, -0.2) is 39.2 Å². The maximum absolute atomic E-state index is 13.6. The van der Waals surface area contributed by atoms with Gasteiger partial charge in [0.25, 0.3) is 0 Å². The van der Waals surface area contributed by atoms with Crippen molar-refractivity contribution in [3.05, 3.63) is 95.0 Å². The minimum absolute atomic E-state index is 0.0109. The van der Waals surface area contributed by atoms with Gasteiger partial charge < -0.3 is 29.5 Å².